The van der Waals surface area contributed by atoms with E-state index in [1.54, 1.807) is 43.5 Å². The fourth-order valence-corrected chi connectivity index (χ4v) is 5.29. The molecule has 0 fully saturated rings. The minimum absolute atomic E-state index is 0.134. The Morgan fingerprint density at radius 1 is 1.03 bits per heavy atom. The van der Waals surface area contributed by atoms with Crippen LogP contribution in [0, 0.1) is 11.3 Å². The van der Waals surface area contributed by atoms with Crippen LogP contribution >= 0.6 is 0 Å². The van der Waals surface area contributed by atoms with E-state index in [2.05, 4.69) is 5.32 Å². The molecule has 0 radical (unpaired) electrons. The molecule has 0 saturated carbocycles. The normalized spacial score (nSPS) is 14.1. The molecule has 1 N–H and O–H groups in total. The minimum atomic E-state index is -4.23. The molecule has 3 aromatic carbocycles. The van der Waals surface area contributed by atoms with Gasteiger partial charge in [-0.05, 0) is 53.6 Å². The highest BCUT2D eigenvalue weighted by atomic mass is 32.2. The summed E-state index contributed by atoms with van der Waals surface area (Å²) in [5, 5.41) is 11.7. The Balaban J connectivity index is 1.58. The number of ether oxygens (including phenoxy) is 1. The summed E-state index contributed by atoms with van der Waals surface area (Å²) >= 11 is 0. The van der Waals surface area contributed by atoms with Crippen molar-refractivity contribution < 1.29 is 22.7 Å². The van der Waals surface area contributed by atoms with Gasteiger partial charge in [-0.15, -0.1) is 0 Å². The standard InChI is InChI=1S/C25H22N4O5S/c1-28-22-12-9-20(24(30)27-15-18-7-10-21(34-2)11-8-18)13-23(22)35(32,33)29(25(28)31)16-19-5-3-17(14-26)4-6-19/h3-13H,15-16H2,1-2H3,(H,27,30). The van der Waals surface area contributed by atoms with Crippen molar-refractivity contribution in [2.75, 3.05) is 19.1 Å². The fraction of sp³-hybridized carbons (Fsp3) is 0.160. The van der Waals surface area contributed by atoms with Gasteiger partial charge in [0.15, 0.2) is 0 Å². The first-order chi connectivity index (χ1) is 16.7. The van der Waals surface area contributed by atoms with E-state index in [9.17, 15) is 18.0 Å². The summed E-state index contributed by atoms with van der Waals surface area (Å²) < 4.78 is 32.6. The maximum atomic E-state index is 13.4. The van der Waals surface area contributed by atoms with Crippen molar-refractivity contribution in [2.45, 2.75) is 18.0 Å². The third-order valence-corrected chi connectivity index (χ3v) is 7.42. The second-order valence-electron chi connectivity index (χ2n) is 7.88. The zero-order chi connectivity index (χ0) is 25.2. The molecule has 1 aliphatic heterocycles. The Morgan fingerprint density at radius 3 is 2.31 bits per heavy atom. The van der Waals surface area contributed by atoms with E-state index in [0.717, 1.165) is 9.87 Å². The molecule has 9 nitrogen and oxygen atoms in total. The van der Waals surface area contributed by atoms with Crippen LogP contribution in [0.2, 0.25) is 0 Å². The number of urea groups is 1. The number of hydrogen-bond donors (Lipinski definition) is 1. The van der Waals surface area contributed by atoms with Gasteiger partial charge in [-0.1, -0.05) is 24.3 Å². The minimum Gasteiger partial charge on any atom is -0.497 e. The lowest BCUT2D eigenvalue weighted by molar-refractivity contribution is 0.0950. The summed E-state index contributed by atoms with van der Waals surface area (Å²) in [6, 6.07) is 19.0. The number of carbonyl (C=O) groups excluding carboxylic acids is 2. The maximum absolute atomic E-state index is 13.4. The quantitative estimate of drug-likeness (QED) is 0.566. The van der Waals surface area contributed by atoms with Crippen molar-refractivity contribution in [3.05, 3.63) is 89.0 Å². The lowest BCUT2D eigenvalue weighted by atomic mass is 10.1. The number of nitrogens with zero attached hydrogens (tertiary/aromatic N) is 3. The van der Waals surface area contributed by atoms with Gasteiger partial charge in [0.25, 0.3) is 15.9 Å². The first-order valence-electron chi connectivity index (χ1n) is 10.6. The van der Waals surface area contributed by atoms with Gasteiger partial charge in [0.05, 0.1) is 31.0 Å². The Hall–Kier alpha value is -4.36. The summed E-state index contributed by atoms with van der Waals surface area (Å²) in [4.78, 5) is 26.8. The van der Waals surface area contributed by atoms with Gasteiger partial charge >= 0.3 is 6.03 Å². The molecular weight excluding hydrogens is 468 g/mol. The summed E-state index contributed by atoms with van der Waals surface area (Å²) in [5.41, 5.74) is 2.17. The molecule has 0 unspecified atom stereocenters. The van der Waals surface area contributed by atoms with Crippen molar-refractivity contribution >= 4 is 27.6 Å². The predicted molar refractivity (Wildman–Crippen MR) is 128 cm³/mol. The lowest BCUT2D eigenvalue weighted by Crippen LogP contribution is -2.48. The number of sulfonamides is 1. The van der Waals surface area contributed by atoms with Gasteiger partial charge in [-0.2, -0.15) is 5.26 Å². The number of benzene rings is 3. The number of methoxy groups -OCH3 is 1. The zero-order valence-electron chi connectivity index (χ0n) is 19.1. The van der Waals surface area contributed by atoms with Crippen molar-refractivity contribution in [1.29, 1.82) is 5.26 Å². The van der Waals surface area contributed by atoms with Crippen molar-refractivity contribution in [3.63, 3.8) is 0 Å². The Labute approximate surface area is 203 Å². The molecule has 0 saturated heterocycles. The topological polar surface area (TPSA) is 120 Å². The number of carbonyl (C=O) groups is 2. The van der Waals surface area contributed by atoms with E-state index in [1.165, 1.54) is 30.1 Å². The molecule has 3 aromatic rings. The summed E-state index contributed by atoms with van der Waals surface area (Å²) in [7, 11) is -1.18. The first-order valence-corrected chi connectivity index (χ1v) is 12.0. The van der Waals surface area contributed by atoms with Crippen LogP contribution in [0.1, 0.15) is 27.0 Å². The SMILES string of the molecule is COc1ccc(CNC(=O)c2ccc3c(c2)S(=O)(=O)N(Cc2ccc(C#N)cc2)C(=O)N3C)cc1. The number of nitrogens with one attached hydrogen (secondary N) is 1. The van der Waals surface area contributed by atoms with Crippen LogP contribution in [-0.4, -0.2) is 38.8 Å². The largest absolute Gasteiger partial charge is 0.497 e. The highest BCUT2D eigenvalue weighted by Crippen LogP contribution is 2.35. The van der Waals surface area contributed by atoms with Crippen LogP contribution < -0.4 is 15.0 Å². The second kappa shape index (κ2) is 9.48. The molecule has 178 valence electrons. The average Bonchev–Trinajstić information content (AvgIpc) is 2.89. The van der Waals surface area contributed by atoms with E-state index < -0.39 is 22.0 Å². The van der Waals surface area contributed by atoms with Gasteiger partial charge in [-0.3, -0.25) is 9.69 Å². The van der Waals surface area contributed by atoms with E-state index in [4.69, 9.17) is 10.00 Å². The fourth-order valence-electron chi connectivity index (χ4n) is 3.66. The van der Waals surface area contributed by atoms with Gasteiger partial charge < -0.3 is 10.1 Å². The lowest BCUT2D eigenvalue weighted by Gasteiger charge is -2.34. The van der Waals surface area contributed by atoms with Gasteiger partial charge in [0.1, 0.15) is 10.6 Å². The third kappa shape index (κ3) is 4.67. The van der Waals surface area contributed by atoms with Crippen LogP contribution in [0.5, 0.6) is 5.75 Å². The smallest absolute Gasteiger partial charge is 0.338 e. The van der Waals surface area contributed by atoms with Gasteiger partial charge in [0, 0.05) is 19.2 Å². The molecule has 1 aliphatic rings. The Morgan fingerprint density at radius 2 is 1.69 bits per heavy atom. The van der Waals surface area contributed by atoms with E-state index >= 15 is 0 Å². The molecule has 0 atom stereocenters. The first kappa shape index (κ1) is 23.8. The van der Waals surface area contributed by atoms with Gasteiger partial charge in [0.2, 0.25) is 0 Å². The number of fused-ring (bicyclic) bond motifs is 1. The average molecular weight is 491 g/mol. The van der Waals surface area contributed by atoms with Crippen LogP contribution in [0.4, 0.5) is 10.5 Å². The number of anilines is 1. The molecule has 0 bridgehead atoms. The number of hydrogen-bond acceptors (Lipinski definition) is 6. The molecule has 3 amide bonds. The van der Waals surface area contributed by atoms with Crippen LogP contribution in [-0.2, 0) is 23.1 Å². The highest BCUT2D eigenvalue weighted by molar-refractivity contribution is 7.90. The van der Waals surface area contributed by atoms with Crippen LogP contribution in [0.3, 0.4) is 0 Å². The predicted octanol–water partition coefficient (Wildman–Crippen LogP) is 3.26. The monoisotopic (exact) mass is 490 g/mol. The second-order valence-corrected chi connectivity index (χ2v) is 9.71. The van der Waals surface area contributed by atoms with Crippen molar-refractivity contribution in [1.82, 2.24) is 9.62 Å². The molecule has 0 aliphatic carbocycles. The summed E-state index contributed by atoms with van der Waals surface area (Å²) in [6.07, 6.45) is 0. The molecule has 0 spiro atoms. The number of rotatable bonds is 6. The number of amides is 3. The maximum Gasteiger partial charge on any atom is 0.338 e. The third-order valence-electron chi connectivity index (χ3n) is 5.67. The van der Waals surface area contributed by atoms with Gasteiger partial charge in [-0.25, -0.2) is 17.5 Å². The Bertz CT molecular complexity index is 1430. The highest BCUT2D eigenvalue weighted by Gasteiger charge is 2.40. The summed E-state index contributed by atoms with van der Waals surface area (Å²) in [6.45, 7) is 0.0421. The molecule has 10 heteroatoms. The van der Waals surface area contributed by atoms with Crippen molar-refractivity contribution in [2.24, 2.45) is 0 Å². The molecule has 35 heavy (non-hydrogen) atoms. The summed E-state index contributed by atoms with van der Waals surface area (Å²) in [5.74, 6) is 0.251. The van der Waals surface area contributed by atoms with Crippen molar-refractivity contribution in [3.8, 4) is 11.8 Å². The molecule has 0 aromatic heterocycles. The molecule has 1 heterocycles. The zero-order valence-corrected chi connectivity index (χ0v) is 19.9. The number of nitriles is 1. The van der Waals surface area contributed by atoms with E-state index in [0.29, 0.717) is 16.9 Å². The van der Waals surface area contributed by atoms with E-state index in [1.807, 2.05) is 18.2 Å². The Kier molecular flexibility index (Phi) is 6.44. The van der Waals surface area contributed by atoms with E-state index in [-0.39, 0.29) is 29.2 Å². The molecule has 4 rings (SSSR count). The van der Waals surface area contributed by atoms with Crippen LogP contribution in [0.15, 0.2) is 71.6 Å². The molecular formula is C25H22N4O5S. The van der Waals surface area contributed by atoms with Crippen LogP contribution in [0.25, 0.3) is 0 Å².